The molecule has 2 aliphatic heterocycles. The highest BCUT2D eigenvalue weighted by Crippen LogP contribution is 2.25. The molecule has 2 aliphatic rings. The topological polar surface area (TPSA) is 86.3 Å². The van der Waals surface area contributed by atoms with E-state index in [1.54, 1.807) is 0 Å². The molecule has 16 heavy (non-hydrogen) atoms. The Hall–Kier alpha value is -2.41. The van der Waals surface area contributed by atoms with Crippen molar-refractivity contribution < 1.29 is 5.21 Å². The summed E-state index contributed by atoms with van der Waals surface area (Å²) in [6.45, 7) is 0. The standard InChI is InChI=1S/C9H6N6O/c16-15-8-6(10-1-4-13-8)5-14-9(15)7-11-2-3-12-7/h1-5,16H. The molecule has 7 heteroatoms. The molecule has 0 fully saturated rings. The van der Waals surface area contributed by atoms with Gasteiger partial charge in [-0.3, -0.25) is 5.21 Å². The number of aromatic nitrogens is 2. The molecule has 1 N–H and O–H groups in total. The van der Waals surface area contributed by atoms with E-state index in [2.05, 4.69) is 24.9 Å². The maximum atomic E-state index is 9.89. The third kappa shape index (κ3) is 1.22. The Morgan fingerprint density at radius 2 is 1.75 bits per heavy atom. The third-order valence-corrected chi connectivity index (χ3v) is 2.08. The fourth-order valence-electron chi connectivity index (χ4n) is 1.38. The van der Waals surface area contributed by atoms with Crippen molar-refractivity contribution in [2.24, 2.45) is 15.0 Å². The van der Waals surface area contributed by atoms with Crippen molar-refractivity contribution in [3.8, 4) is 0 Å². The highest BCUT2D eigenvalue weighted by Gasteiger charge is 2.22. The van der Waals surface area contributed by atoms with Crippen LogP contribution in [0.15, 0.2) is 39.0 Å². The van der Waals surface area contributed by atoms with Crippen molar-refractivity contribution in [2.75, 3.05) is 5.06 Å². The van der Waals surface area contributed by atoms with E-state index >= 15 is 0 Å². The third-order valence-electron chi connectivity index (χ3n) is 2.08. The molecule has 0 radical (unpaired) electrons. The molecule has 1 aromatic rings. The van der Waals surface area contributed by atoms with Gasteiger partial charge in [-0.05, 0) is 0 Å². The Balaban J connectivity index is 2.14. The first-order chi connectivity index (χ1) is 7.86. The van der Waals surface area contributed by atoms with Gasteiger partial charge in [0.2, 0.25) is 5.82 Å². The van der Waals surface area contributed by atoms with E-state index in [9.17, 15) is 5.21 Å². The Labute approximate surface area is 90.2 Å². The van der Waals surface area contributed by atoms with Gasteiger partial charge in [0.15, 0.2) is 11.6 Å². The first-order valence-electron chi connectivity index (χ1n) is 4.51. The monoisotopic (exact) mass is 214 g/mol. The molecule has 0 bridgehead atoms. The molecule has 1 aromatic heterocycles. The zero-order valence-corrected chi connectivity index (χ0v) is 8.02. The lowest BCUT2D eigenvalue weighted by Gasteiger charge is -2.20. The number of hydrogen-bond donors (Lipinski definition) is 1. The fraction of sp³-hybridized carbons (Fsp3) is 0. The minimum Gasteiger partial charge on any atom is -0.280 e. The summed E-state index contributed by atoms with van der Waals surface area (Å²) in [7, 11) is 0. The molecule has 0 saturated heterocycles. The minimum absolute atomic E-state index is 0.234. The highest BCUT2D eigenvalue weighted by molar-refractivity contribution is 6.18. The Kier molecular flexibility index (Phi) is 1.84. The van der Waals surface area contributed by atoms with Crippen LogP contribution in [0, 0.1) is 0 Å². The van der Waals surface area contributed by atoms with E-state index in [1.165, 1.54) is 31.0 Å². The van der Waals surface area contributed by atoms with E-state index in [1.807, 2.05) is 0 Å². The number of hydroxylamine groups is 1. The van der Waals surface area contributed by atoms with E-state index < -0.39 is 0 Å². The molecular weight excluding hydrogens is 208 g/mol. The lowest BCUT2D eigenvalue weighted by Crippen LogP contribution is -2.24. The van der Waals surface area contributed by atoms with E-state index in [0.29, 0.717) is 17.3 Å². The first kappa shape index (κ1) is 8.86. The van der Waals surface area contributed by atoms with Gasteiger partial charge in [0.25, 0.3) is 0 Å². The van der Waals surface area contributed by atoms with Gasteiger partial charge < -0.3 is 0 Å². The van der Waals surface area contributed by atoms with Gasteiger partial charge in [0.05, 0.1) is 6.21 Å². The van der Waals surface area contributed by atoms with Gasteiger partial charge in [0.1, 0.15) is 5.69 Å². The smallest absolute Gasteiger partial charge is 0.204 e. The molecule has 0 aliphatic carbocycles. The Morgan fingerprint density at radius 3 is 2.56 bits per heavy atom. The van der Waals surface area contributed by atoms with E-state index in [0.717, 1.165) is 5.06 Å². The maximum absolute atomic E-state index is 9.89. The van der Waals surface area contributed by atoms with Gasteiger partial charge >= 0.3 is 0 Å². The number of aliphatic imine (C=N–C) groups is 3. The highest BCUT2D eigenvalue weighted by atomic mass is 16.5. The summed E-state index contributed by atoms with van der Waals surface area (Å²) in [6, 6.07) is 0. The lowest BCUT2D eigenvalue weighted by atomic mass is 10.3. The van der Waals surface area contributed by atoms with E-state index in [-0.39, 0.29) is 5.82 Å². The van der Waals surface area contributed by atoms with Crippen LogP contribution >= 0.6 is 0 Å². The molecule has 7 nitrogen and oxygen atoms in total. The van der Waals surface area contributed by atoms with Gasteiger partial charge in [-0.25, -0.2) is 24.9 Å². The molecule has 0 saturated carbocycles. The molecule has 0 unspecified atom stereocenters. The van der Waals surface area contributed by atoms with E-state index in [4.69, 9.17) is 0 Å². The summed E-state index contributed by atoms with van der Waals surface area (Å²) in [5.41, 5.74) is 0.500. The summed E-state index contributed by atoms with van der Waals surface area (Å²) >= 11 is 0. The van der Waals surface area contributed by atoms with Crippen molar-refractivity contribution in [1.29, 1.82) is 0 Å². The maximum Gasteiger partial charge on any atom is 0.204 e. The normalized spacial score (nSPS) is 17.2. The van der Waals surface area contributed by atoms with Crippen molar-refractivity contribution in [1.82, 2.24) is 9.97 Å². The minimum atomic E-state index is 0.234. The Morgan fingerprint density at radius 1 is 1.00 bits per heavy atom. The number of fused-ring (bicyclic) bond motifs is 1. The van der Waals surface area contributed by atoms with Crippen molar-refractivity contribution in [3.63, 3.8) is 0 Å². The van der Waals surface area contributed by atoms with Crippen LogP contribution in [0.1, 0.15) is 5.69 Å². The molecular formula is C9H6N6O. The molecule has 0 atom stereocenters. The summed E-state index contributed by atoms with van der Waals surface area (Å²) in [6.07, 6.45) is 7.59. The number of hydrogen-bond acceptors (Lipinski definition) is 7. The average Bonchev–Trinajstić information content (AvgIpc) is 2.83. The molecule has 0 aromatic carbocycles. The first-order valence-corrected chi connectivity index (χ1v) is 4.51. The predicted molar refractivity (Wildman–Crippen MR) is 57.9 cm³/mol. The van der Waals surface area contributed by atoms with Crippen LogP contribution in [0.3, 0.4) is 0 Å². The Bertz CT molecular complexity index is 545. The summed E-state index contributed by atoms with van der Waals surface area (Å²) in [5.74, 6) is 0.894. The van der Waals surface area contributed by atoms with Crippen LogP contribution in [0.5, 0.6) is 0 Å². The second-order valence-electron chi connectivity index (χ2n) is 3.04. The van der Waals surface area contributed by atoms with Crippen LogP contribution in [0.4, 0.5) is 5.82 Å². The molecule has 3 rings (SSSR count). The average molecular weight is 214 g/mol. The second-order valence-corrected chi connectivity index (χ2v) is 3.04. The zero-order chi connectivity index (χ0) is 11.0. The van der Waals surface area contributed by atoms with Crippen LogP contribution in [0.2, 0.25) is 0 Å². The number of nitrogens with zero attached hydrogens (tertiary/aromatic N) is 6. The number of anilines is 1. The van der Waals surface area contributed by atoms with Gasteiger partial charge in [0, 0.05) is 24.8 Å². The van der Waals surface area contributed by atoms with Gasteiger partial charge in [-0.2, -0.15) is 5.06 Å². The van der Waals surface area contributed by atoms with Crippen molar-refractivity contribution in [2.45, 2.75) is 0 Å². The van der Waals surface area contributed by atoms with Crippen molar-refractivity contribution >= 4 is 24.5 Å². The van der Waals surface area contributed by atoms with Crippen molar-refractivity contribution in [3.05, 3.63) is 29.7 Å². The van der Waals surface area contributed by atoms with Gasteiger partial charge in [-0.1, -0.05) is 0 Å². The lowest BCUT2D eigenvalue weighted by molar-refractivity contribution is 0.276. The fourth-order valence-corrected chi connectivity index (χ4v) is 1.38. The zero-order valence-electron chi connectivity index (χ0n) is 8.02. The van der Waals surface area contributed by atoms with Crippen LogP contribution in [0.25, 0.3) is 0 Å². The molecule has 78 valence electrons. The second kappa shape index (κ2) is 3.31. The largest absolute Gasteiger partial charge is 0.280 e. The predicted octanol–water partition coefficient (Wildman–Crippen LogP) is 0.386. The summed E-state index contributed by atoms with van der Waals surface area (Å²) in [4.78, 5) is 20.0. The summed E-state index contributed by atoms with van der Waals surface area (Å²) in [5, 5.41) is 10.7. The van der Waals surface area contributed by atoms with Crippen LogP contribution in [-0.4, -0.2) is 33.8 Å². The summed E-state index contributed by atoms with van der Waals surface area (Å²) < 4.78 is 0. The molecule has 0 amide bonds. The molecule has 3 heterocycles. The number of rotatable bonds is 0. The van der Waals surface area contributed by atoms with Crippen LogP contribution in [-0.2, 0) is 0 Å². The SMILES string of the molecule is ON1C(=C2N=CC=N2)N=Cc2nccnc21. The quantitative estimate of drug-likeness (QED) is 0.676. The molecule has 0 spiro atoms. The van der Waals surface area contributed by atoms with Crippen LogP contribution < -0.4 is 5.06 Å². The van der Waals surface area contributed by atoms with Gasteiger partial charge in [-0.15, -0.1) is 0 Å².